The summed E-state index contributed by atoms with van der Waals surface area (Å²) in [5.74, 6) is 1.41. The van der Waals surface area contributed by atoms with Gasteiger partial charge in [-0.3, -0.25) is 9.97 Å². The maximum atomic E-state index is 6.34. The first kappa shape index (κ1) is 26.8. The van der Waals surface area contributed by atoms with E-state index in [-0.39, 0.29) is 24.8 Å². The molecule has 5 aromatic rings. The molecule has 0 aliphatic rings. The van der Waals surface area contributed by atoms with E-state index in [1.54, 1.807) is 12.4 Å². The maximum absolute atomic E-state index is 6.34. The van der Waals surface area contributed by atoms with Crippen LogP contribution in [0.2, 0.25) is 0 Å². The van der Waals surface area contributed by atoms with Gasteiger partial charge in [-0.2, -0.15) is 5.21 Å². The number of aromatic amines is 1. The number of nitrogens with one attached hydrogen (secondary N) is 1. The van der Waals surface area contributed by atoms with Gasteiger partial charge >= 0.3 is 0 Å². The Morgan fingerprint density at radius 2 is 1.58 bits per heavy atom. The molecule has 0 bridgehead atoms. The van der Waals surface area contributed by atoms with Crippen LogP contribution in [0.3, 0.4) is 0 Å². The first-order valence-corrected chi connectivity index (χ1v) is 11.2. The first-order chi connectivity index (χ1) is 16.7. The zero-order valence-electron chi connectivity index (χ0n) is 19.9. The molecule has 0 saturated carbocycles. The largest absolute Gasteiger partial charge is 0.488 e. The van der Waals surface area contributed by atoms with Crippen molar-refractivity contribution >= 4 is 24.8 Å². The molecular weight excluding hydrogens is 495 g/mol. The van der Waals surface area contributed by atoms with Gasteiger partial charge in [0.25, 0.3) is 0 Å². The van der Waals surface area contributed by atoms with Gasteiger partial charge in [0.05, 0.1) is 0 Å². The van der Waals surface area contributed by atoms with Gasteiger partial charge in [-0.1, -0.05) is 55.5 Å². The van der Waals surface area contributed by atoms with Crippen molar-refractivity contribution in [2.24, 2.45) is 0 Å². The lowest BCUT2D eigenvalue weighted by atomic mass is 9.98. The van der Waals surface area contributed by atoms with E-state index in [0.29, 0.717) is 12.4 Å². The number of rotatable bonds is 7. The number of H-pyrrole nitrogens is 1. The van der Waals surface area contributed by atoms with Crippen LogP contribution in [0.5, 0.6) is 5.75 Å². The average Bonchev–Trinajstić information content (AvgIpc) is 3.43. The summed E-state index contributed by atoms with van der Waals surface area (Å²) in [7, 11) is 0. The smallest absolute Gasteiger partial charge is 0.205 e. The van der Waals surface area contributed by atoms with Gasteiger partial charge in [-0.25, -0.2) is 0 Å². The van der Waals surface area contributed by atoms with Gasteiger partial charge < -0.3 is 4.74 Å². The molecule has 36 heavy (non-hydrogen) atoms. The van der Waals surface area contributed by atoms with Crippen molar-refractivity contribution in [3.05, 3.63) is 96.1 Å². The molecule has 0 spiro atoms. The van der Waals surface area contributed by atoms with Crippen LogP contribution >= 0.6 is 24.8 Å². The van der Waals surface area contributed by atoms with Gasteiger partial charge in [0.2, 0.25) is 5.82 Å². The van der Waals surface area contributed by atoms with Gasteiger partial charge in [0, 0.05) is 41.0 Å². The van der Waals surface area contributed by atoms with E-state index in [4.69, 9.17) is 9.72 Å². The fourth-order valence-corrected chi connectivity index (χ4v) is 4.02. The minimum absolute atomic E-state index is 0. The van der Waals surface area contributed by atoms with Crippen molar-refractivity contribution in [2.45, 2.75) is 26.9 Å². The minimum atomic E-state index is 0. The minimum Gasteiger partial charge on any atom is -0.488 e. The molecule has 9 heteroatoms. The zero-order valence-corrected chi connectivity index (χ0v) is 21.5. The highest BCUT2D eigenvalue weighted by Crippen LogP contribution is 2.34. The molecule has 0 fully saturated rings. The van der Waals surface area contributed by atoms with E-state index in [2.05, 4.69) is 62.9 Å². The molecule has 3 heterocycles. The molecular formula is C27H26Cl2N6O. The molecule has 3 aromatic heterocycles. The number of pyridine rings is 2. The van der Waals surface area contributed by atoms with E-state index in [1.165, 1.54) is 0 Å². The fourth-order valence-electron chi connectivity index (χ4n) is 4.02. The molecule has 0 saturated heterocycles. The van der Waals surface area contributed by atoms with Crippen LogP contribution in [-0.4, -0.2) is 30.6 Å². The van der Waals surface area contributed by atoms with E-state index in [9.17, 15) is 0 Å². The first-order valence-electron chi connectivity index (χ1n) is 11.2. The van der Waals surface area contributed by atoms with Gasteiger partial charge in [0.1, 0.15) is 12.4 Å². The molecule has 7 nitrogen and oxygen atoms in total. The number of ether oxygens (including phenoxy) is 1. The predicted molar refractivity (Wildman–Crippen MR) is 145 cm³/mol. The summed E-state index contributed by atoms with van der Waals surface area (Å²) < 4.78 is 6.34. The second-order valence-electron chi connectivity index (χ2n) is 7.93. The van der Waals surface area contributed by atoms with Crippen LogP contribution in [0.1, 0.15) is 23.9 Å². The number of aryl methyl sites for hydroxylation is 2. The Morgan fingerprint density at radius 3 is 2.25 bits per heavy atom. The highest BCUT2D eigenvalue weighted by molar-refractivity contribution is 5.85. The Morgan fingerprint density at radius 1 is 0.861 bits per heavy atom. The quantitative estimate of drug-likeness (QED) is 0.271. The number of nitrogens with zero attached hydrogens (tertiary/aromatic N) is 5. The molecule has 0 aliphatic heterocycles. The van der Waals surface area contributed by atoms with Crippen molar-refractivity contribution in [2.75, 3.05) is 0 Å². The second-order valence-corrected chi connectivity index (χ2v) is 7.93. The normalized spacial score (nSPS) is 10.3. The lowest BCUT2D eigenvalue weighted by Crippen LogP contribution is -2.02. The van der Waals surface area contributed by atoms with Gasteiger partial charge in [0.15, 0.2) is 0 Å². The molecule has 184 valence electrons. The van der Waals surface area contributed by atoms with Crippen molar-refractivity contribution in [3.8, 4) is 39.4 Å². The van der Waals surface area contributed by atoms with Crippen molar-refractivity contribution in [1.29, 1.82) is 0 Å². The monoisotopic (exact) mass is 520 g/mol. The van der Waals surface area contributed by atoms with Crippen LogP contribution in [0.15, 0.2) is 79.1 Å². The fraction of sp³-hybridized carbons (Fsp3) is 0.148. The Hall–Kier alpha value is -3.81. The summed E-state index contributed by atoms with van der Waals surface area (Å²) >= 11 is 0. The third kappa shape index (κ3) is 5.70. The van der Waals surface area contributed by atoms with Crippen LogP contribution in [0.25, 0.3) is 33.6 Å². The van der Waals surface area contributed by atoms with Gasteiger partial charge in [-0.15, -0.1) is 35.0 Å². The zero-order chi connectivity index (χ0) is 23.3. The Bertz CT molecular complexity index is 1390. The topological polar surface area (TPSA) is 89.5 Å². The highest BCUT2D eigenvalue weighted by atomic mass is 35.5. The lowest BCUT2D eigenvalue weighted by molar-refractivity contribution is 0.306. The van der Waals surface area contributed by atoms with Crippen molar-refractivity contribution in [1.82, 2.24) is 30.6 Å². The molecule has 0 radical (unpaired) electrons. The number of halogens is 2. The molecule has 2 aromatic carbocycles. The lowest BCUT2D eigenvalue weighted by Gasteiger charge is -2.16. The van der Waals surface area contributed by atoms with Crippen molar-refractivity contribution in [3.63, 3.8) is 0 Å². The molecule has 0 aliphatic carbocycles. The standard InChI is InChI=1S/C27H24N6O.2ClH/c1-3-22-16-25(26(18(2)29-22)21-12-14-28-15-13-21)34-17-19-8-10-20(11-9-19)23-6-4-5-7-24(23)27-30-32-33-31-27;;/h4-16H,3,17H2,1-2H3,(H,30,31,32,33);2*1H. The number of hydrogen-bond acceptors (Lipinski definition) is 6. The predicted octanol–water partition coefficient (Wildman–Crippen LogP) is 6.28. The van der Waals surface area contributed by atoms with Crippen LogP contribution in [0, 0.1) is 6.92 Å². The summed E-state index contributed by atoms with van der Waals surface area (Å²) in [6.07, 6.45) is 4.43. The summed E-state index contributed by atoms with van der Waals surface area (Å²) in [4.78, 5) is 8.88. The highest BCUT2D eigenvalue weighted by Gasteiger charge is 2.14. The van der Waals surface area contributed by atoms with E-state index in [0.717, 1.165) is 56.9 Å². The summed E-state index contributed by atoms with van der Waals surface area (Å²) in [5.41, 5.74) is 8.16. The molecule has 5 rings (SSSR count). The number of hydrogen-bond donors (Lipinski definition) is 1. The Balaban J connectivity index is 0.00000180. The van der Waals surface area contributed by atoms with Crippen LogP contribution in [-0.2, 0) is 13.0 Å². The maximum Gasteiger partial charge on any atom is 0.205 e. The number of benzene rings is 2. The SMILES string of the molecule is CCc1cc(OCc2ccc(-c3ccccc3-c3nn[nH]n3)cc2)c(-c2ccncc2)c(C)n1.Cl.Cl. The summed E-state index contributed by atoms with van der Waals surface area (Å²) in [6.45, 7) is 4.58. The van der Waals surface area contributed by atoms with E-state index >= 15 is 0 Å². The summed E-state index contributed by atoms with van der Waals surface area (Å²) in [5, 5.41) is 14.5. The van der Waals surface area contributed by atoms with E-state index in [1.807, 2.05) is 43.3 Å². The molecule has 0 amide bonds. The average molecular weight is 521 g/mol. The van der Waals surface area contributed by atoms with Crippen molar-refractivity contribution < 1.29 is 4.74 Å². The Kier molecular flexibility index (Phi) is 9.11. The third-order valence-corrected chi connectivity index (χ3v) is 5.72. The Labute approximate surface area is 222 Å². The molecule has 0 atom stereocenters. The van der Waals surface area contributed by atoms with Crippen LogP contribution in [0.4, 0.5) is 0 Å². The number of tetrazole rings is 1. The second kappa shape index (κ2) is 12.2. The third-order valence-electron chi connectivity index (χ3n) is 5.72. The summed E-state index contributed by atoms with van der Waals surface area (Å²) in [6, 6.07) is 22.4. The van der Waals surface area contributed by atoms with Crippen LogP contribution < -0.4 is 4.74 Å². The van der Waals surface area contributed by atoms with E-state index < -0.39 is 0 Å². The van der Waals surface area contributed by atoms with Gasteiger partial charge in [-0.05, 0) is 52.9 Å². The molecule has 0 unspecified atom stereocenters. The number of aromatic nitrogens is 6. The molecule has 1 N–H and O–H groups in total.